The molecule has 0 N–H and O–H groups in total. The molecule has 7 heteroatoms. The molecule has 2 heterocycles. The van der Waals surface area contributed by atoms with Crippen LogP contribution in [0.2, 0.25) is 0 Å². The van der Waals surface area contributed by atoms with E-state index in [-0.39, 0.29) is 11.2 Å². The molecule has 3 aromatic rings. The molecule has 0 fully saturated rings. The van der Waals surface area contributed by atoms with E-state index in [2.05, 4.69) is 21.8 Å². The van der Waals surface area contributed by atoms with Gasteiger partial charge in [-0.2, -0.15) is 0 Å². The maximum atomic E-state index is 12.8. The zero-order chi connectivity index (χ0) is 19.2. The minimum absolute atomic E-state index is 0.00446. The molecule has 1 amide bonds. The third-order valence-corrected chi connectivity index (χ3v) is 5.14. The van der Waals surface area contributed by atoms with Gasteiger partial charge in [0.15, 0.2) is 11.0 Å². The van der Waals surface area contributed by atoms with Crippen LogP contribution in [0.15, 0.2) is 72.7 Å². The highest BCUT2D eigenvalue weighted by atomic mass is 32.2. The summed E-state index contributed by atoms with van der Waals surface area (Å²) in [5.41, 5.74) is 1.78. The fourth-order valence-electron chi connectivity index (χ4n) is 2.64. The molecule has 1 atom stereocenters. The summed E-state index contributed by atoms with van der Waals surface area (Å²) in [5, 5.41) is 8.99. The summed E-state index contributed by atoms with van der Waals surface area (Å²) in [7, 11) is 1.78. The Morgan fingerprint density at radius 2 is 1.93 bits per heavy atom. The lowest BCUT2D eigenvalue weighted by Gasteiger charge is -2.21. The predicted molar refractivity (Wildman–Crippen MR) is 109 cm³/mol. The molecule has 0 aliphatic carbocycles. The van der Waals surface area contributed by atoms with E-state index < -0.39 is 0 Å². The van der Waals surface area contributed by atoms with Crippen LogP contribution < -0.4 is 4.90 Å². The second-order valence-electron chi connectivity index (χ2n) is 5.93. The summed E-state index contributed by atoms with van der Waals surface area (Å²) >= 11 is 1.39. The standard InChI is InChI=1S/C20H21N5OS/c1-4-14-25-18(16-10-12-21-13-11-16)22-23-20(25)27-15(2)19(26)24(3)17-8-6-5-7-9-17/h4-13,15H,1,14H2,2-3H3. The van der Waals surface area contributed by atoms with Gasteiger partial charge in [0.05, 0.1) is 5.25 Å². The van der Waals surface area contributed by atoms with Crippen molar-refractivity contribution >= 4 is 23.4 Å². The van der Waals surface area contributed by atoms with E-state index in [4.69, 9.17) is 0 Å². The molecular weight excluding hydrogens is 358 g/mol. The minimum Gasteiger partial charge on any atom is -0.315 e. The molecule has 0 saturated carbocycles. The van der Waals surface area contributed by atoms with Crippen LogP contribution in [-0.2, 0) is 11.3 Å². The normalized spacial score (nSPS) is 11.8. The number of rotatable bonds is 7. The SMILES string of the molecule is C=CCn1c(SC(C)C(=O)N(C)c2ccccc2)nnc1-c1ccncc1. The van der Waals surface area contributed by atoms with Gasteiger partial charge in [-0.15, -0.1) is 16.8 Å². The number of nitrogens with zero attached hydrogens (tertiary/aromatic N) is 5. The number of pyridine rings is 1. The third kappa shape index (κ3) is 4.25. The smallest absolute Gasteiger partial charge is 0.240 e. The summed E-state index contributed by atoms with van der Waals surface area (Å²) in [5.74, 6) is 0.737. The van der Waals surface area contributed by atoms with Crippen LogP contribution >= 0.6 is 11.8 Å². The predicted octanol–water partition coefficient (Wildman–Crippen LogP) is 3.67. The first-order chi connectivity index (χ1) is 13.1. The molecule has 0 aliphatic rings. The van der Waals surface area contributed by atoms with Gasteiger partial charge in [0.2, 0.25) is 5.91 Å². The summed E-state index contributed by atoms with van der Waals surface area (Å²) < 4.78 is 1.96. The zero-order valence-electron chi connectivity index (χ0n) is 15.3. The lowest BCUT2D eigenvalue weighted by molar-refractivity contribution is -0.117. The Bertz CT molecular complexity index is 911. The molecule has 0 saturated heterocycles. The molecule has 0 spiro atoms. The summed E-state index contributed by atoms with van der Waals surface area (Å²) in [6.07, 6.45) is 5.23. The Balaban J connectivity index is 1.81. The van der Waals surface area contributed by atoms with Crippen molar-refractivity contribution in [1.29, 1.82) is 0 Å². The Morgan fingerprint density at radius 1 is 1.22 bits per heavy atom. The monoisotopic (exact) mass is 379 g/mol. The van der Waals surface area contributed by atoms with Crippen LogP contribution in [0.5, 0.6) is 0 Å². The highest BCUT2D eigenvalue weighted by Crippen LogP contribution is 2.28. The summed E-state index contributed by atoms with van der Waals surface area (Å²) in [6.45, 7) is 6.26. The van der Waals surface area contributed by atoms with Gasteiger partial charge < -0.3 is 4.90 Å². The number of carbonyl (C=O) groups excluding carboxylic acids is 1. The number of amides is 1. The van der Waals surface area contributed by atoms with Crippen molar-refractivity contribution < 1.29 is 4.79 Å². The van der Waals surface area contributed by atoms with Gasteiger partial charge in [-0.25, -0.2) is 0 Å². The van der Waals surface area contributed by atoms with E-state index in [0.29, 0.717) is 11.7 Å². The topological polar surface area (TPSA) is 63.9 Å². The van der Waals surface area contributed by atoms with Gasteiger partial charge in [0.25, 0.3) is 0 Å². The molecule has 138 valence electrons. The second-order valence-corrected chi connectivity index (χ2v) is 7.24. The fourth-order valence-corrected chi connectivity index (χ4v) is 3.60. The number of allylic oxidation sites excluding steroid dienone is 1. The van der Waals surface area contributed by atoms with E-state index in [1.165, 1.54) is 11.8 Å². The minimum atomic E-state index is -0.312. The molecule has 2 aromatic heterocycles. The number of hydrogen-bond acceptors (Lipinski definition) is 5. The van der Waals surface area contributed by atoms with Crippen molar-refractivity contribution in [2.75, 3.05) is 11.9 Å². The Hall–Kier alpha value is -2.93. The summed E-state index contributed by atoms with van der Waals surface area (Å²) in [4.78, 5) is 18.5. The van der Waals surface area contributed by atoms with E-state index in [9.17, 15) is 4.79 Å². The average molecular weight is 379 g/mol. The number of aromatic nitrogens is 4. The van der Waals surface area contributed by atoms with Crippen LogP contribution in [0, 0.1) is 0 Å². The van der Waals surface area contributed by atoms with Crippen LogP contribution in [0.4, 0.5) is 5.69 Å². The largest absolute Gasteiger partial charge is 0.315 e. The molecule has 0 bridgehead atoms. The van der Waals surface area contributed by atoms with Crippen LogP contribution in [-0.4, -0.2) is 38.0 Å². The maximum Gasteiger partial charge on any atom is 0.240 e. The van der Waals surface area contributed by atoms with Crippen molar-refractivity contribution in [1.82, 2.24) is 19.7 Å². The molecule has 27 heavy (non-hydrogen) atoms. The number of benzene rings is 1. The van der Waals surface area contributed by atoms with Gasteiger partial charge in [-0.3, -0.25) is 14.3 Å². The van der Waals surface area contributed by atoms with Crippen LogP contribution in [0.3, 0.4) is 0 Å². The lowest BCUT2D eigenvalue weighted by atomic mass is 10.2. The van der Waals surface area contributed by atoms with Gasteiger partial charge in [0.1, 0.15) is 0 Å². The fraction of sp³-hybridized carbons (Fsp3) is 0.200. The van der Waals surface area contributed by atoms with Gasteiger partial charge in [0, 0.05) is 37.2 Å². The quantitative estimate of drug-likeness (QED) is 0.463. The van der Waals surface area contributed by atoms with Crippen molar-refractivity contribution in [2.45, 2.75) is 23.9 Å². The van der Waals surface area contributed by atoms with E-state index >= 15 is 0 Å². The average Bonchev–Trinajstić information content (AvgIpc) is 3.10. The Kier molecular flexibility index (Phi) is 6.03. The van der Waals surface area contributed by atoms with Crippen molar-refractivity contribution in [3.8, 4) is 11.4 Å². The second kappa shape index (κ2) is 8.64. The lowest BCUT2D eigenvalue weighted by Crippen LogP contribution is -2.33. The van der Waals surface area contributed by atoms with Crippen molar-refractivity contribution in [3.63, 3.8) is 0 Å². The maximum absolute atomic E-state index is 12.8. The number of carbonyl (C=O) groups is 1. The van der Waals surface area contributed by atoms with Crippen molar-refractivity contribution in [3.05, 3.63) is 67.5 Å². The molecule has 6 nitrogen and oxygen atoms in total. The summed E-state index contributed by atoms with van der Waals surface area (Å²) in [6, 6.07) is 13.4. The van der Waals surface area contributed by atoms with E-state index in [1.807, 2.05) is 54.0 Å². The number of para-hydroxylation sites is 1. The molecule has 3 rings (SSSR count). The first-order valence-electron chi connectivity index (χ1n) is 8.55. The highest BCUT2D eigenvalue weighted by molar-refractivity contribution is 8.00. The number of hydrogen-bond donors (Lipinski definition) is 0. The van der Waals surface area contributed by atoms with Gasteiger partial charge >= 0.3 is 0 Å². The number of anilines is 1. The highest BCUT2D eigenvalue weighted by Gasteiger charge is 2.23. The van der Waals surface area contributed by atoms with E-state index in [1.54, 1.807) is 30.4 Å². The van der Waals surface area contributed by atoms with Gasteiger partial charge in [-0.1, -0.05) is 36.0 Å². The molecule has 1 aromatic carbocycles. The Labute approximate surface area is 163 Å². The van der Waals surface area contributed by atoms with E-state index in [0.717, 1.165) is 17.1 Å². The van der Waals surface area contributed by atoms with Crippen molar-refractivity contribution in [2.24, 2.45) is 0 Å². The molecular formula is C20H21N5OS. The molecule has 0 radical (unpaired) electrons. The molecule has 1 unspecified atom stereocenters. The number of thioether (sulfide) groups is 1. The first-order valence-corrected chi connectivity index (χ1v) is 9.43. The van der Waals surface area contributed by atoms with Crippen LogP contribution in [0.1, 0.15) is 6.92 Å². The van der Waals surface area contributed by atoms with Gasteiger partial charge in [-0.05, 0) is 31.2 Å². The van der Waals surface area contributed by atoms with Crippen LogP contribution in [0.25, 0.3) is 11.4 Å². The third-order valence-electron chi connectivity index (χ3n) is 4.07. The first kappa shape index (κ1) is 18.8. The molecule has 0 aliphatic heterocycles. The zero-order valence-corrected chi connectivity index (χ0v) is 16.1. The Morgan fingerprint density at radius 3 is 2.59 bits per heavy atom.